The lowest BCUT2D eigenvalue weighted by atomic mass is 9.93. The summed E-state index contributed by atoms with van der Waals surface area (Å²) in [6.07, 6.45) is 2.60. The van der Waals surface area contributed by atoms with Crippen LogP contribution in [0.3, 0.4) is 0 Å². The van der Waals surface area contributed by atoms with Crippen molar-refractivity contribution in [3.05, 3.63) is 35.4 Å². The maximum Gasteiger partial charge on any atom is 0.129 e. The van der Waals surface area contributed by atoms with E-state index < -0.39 is 11.6 Å². The van der Waals surface area contributed by atoms with Crippen LogP contribution in [0.1, 0.15) is 25.3 Å². The Balaban J connectivity index is 2.25. The van der Waals surface area contributed by atoms with Gasteiger partial charge in [-0.2, -0.15) is 0 Å². The highest BCUT2D eigenvalue weighted by molar-refractivity contribution is 9.09. The molecule has 82 valence electrons. The summed E-state index contributed by atoms with van der Waals surface area (Å²) in [7, 11) is 0. The van der Waals surface area contributed by atoms with Crippen LogP contribution >= 0.6 is 15.9 Å². The molecule has 15 heavy (non-hydrogen) atoms. The smallest absolute Gasteiger partial charge is 0.129 e. The molecule has 0 aromatic heterocycles. The summed E-state index contributed by atoms with van der Waals surface area (Å²) in [5.41, 5.74) is 0.310. The minimum atomic E-state index is -0.422. The molecule has 1 aliphatic rings. The zero-order valence-corrected chi connectivity index (χ0v) is 10.2. The molecule has 1 saturated carbocycles. The third kappa shape index (κ3) is 2.07. The predicted molar refractivity (Wildman–Crippen MR) is 60.1 cm³/mol. The molecule has 1 aromatic rings. The summed E-state index contributed by atoms with van der Waals surface area (Å²) in [5.74, 6) is -0.844. The van der Waals surface area contributed by atoms with E-state index in [-0.39, 0.29) is 11.0 Å². The second kappa shape index (κ2) is 3.85. The van der Waals surface area contributed by atoms with Gasteiger partial charge in [0.2, 0.25) is 0 Å². The average Bonchev–Trinajstić information content (AvgIpc) is 2.93. The number of hydrogen-bond acceptors (Lipinski definition) is 0. The molecule has 0 saturated heterocycles. The molecule has 3 heteroatoms. The molecule has 0 amide bonds. The summed E-state index contributed by atoms with van der Waals surface area (Å²) in [6, 6.07) is 4.06. The van der Waals surface area contributed by atoms with E-state index in [9.17, 15) is 8.78 Å². The topological polar surface area (TPSA) is 0 Å². The van der Waals surface area contributed by atoms with E-state index in [4.69, 9.17) is 0 Å². The summed E-state index contributed by atoms with van der Waals surface area (Å²) in [4.78, 5) is 0.309. The van der Waals surface area contributed by atoms with Crippen molar-refractivity contribution >= 4 is 15.9 Å². The van der Waals surface area contributed by atoms with E-state index in [1.807, 2.05) is 6.92 Å². The van der Waals surface area contributed by atoms with Crippen molar-refractivity contribution in [2.45, 2.75) is 31.0 Å². The second-order valence-electron chi connectivity index (χ2n) is 4.36. The maximum atomic E-state index is 13.4. The van der Waals surface area contributed by atoms with E-state index in [1.54, 1.807) is 0 Å². The lowest BCUT2D eigenvalue weighted by Crippen LogP contribution is -2.17. The Labute approximate surface area is 96.8 Å². The Morgan fingerprint density at radius 2 is 1.87 bits per heavy atom. The highest BCUT2D eigenvalue weighted by Gasteiger charge is 2.47. The first-order valence-electron chi connectivity index (χ1n) is 5.12. The normalized spacial score (nSPS) is 20.0. The summed E-state index contributed by atoms with van der Waals surface area (Å²) >= 11 is 3.52. The number of hydrogen-bond donors (Lipinski definition) is 0. The van der Waals surface area contributed by atoms with Crippen molar-refractivity contribution < 1.29 is 8.78 Å². The molecule has 1 atom stereocenters. The van der Waals surface area contributed by atoms with Gasteiger partial charge in [-0.05, 0) is 36.8 Å². The van der Waals surface area contributed by atoms with Gasteiger partial charge in [0, 0.05) is 10.4 Å². The van der Waals surface area contributed by atoms with E-state index in [2.05, 4.69) is 15.9 Å². The Bertz CT molecular complexity index is 350. The van der Waals surface area contributed by atoms with Crippen LogP contribution in [0, 0.1) is 17.0 Å². The molecule has 2 rings (SSSR count). The fraction of sp³-hybridized carbons (Fsp3) is 0.500. The lowest BCUT2D eigenvalue weighted by molar-refractivity contribution is 0.467. The summed E-state index contributed by atoms with van der Waals surface area (Å²) in [6.45, 7) is 2.05. The SMILES string of the molecule is CC(Br)C1(Cc2c(F)cccc2F)CC1. The molecule has 0 spiro atoms. The van der Waals surface area contributed by atoms with E-state index in [0.29, 0.717) is 11.2 Å². The van der Waals surface area contributed by atoms with Gasteiger partial charge in [-0.15, -0.1) is 0 Å². The van der Waals surface area contributed by atoms with Gasteiger partial charge >= 0.3 is 0 Å². The third-order valence-corrected chi connectivity index (χ3v) is 4.30. The molecule has 0 nitrogen and oxygen atoms in total. The van der Waals surface area contributed by atoms with Crippen LogP contribution in [-0.2, 0) is 6.42 Å². The highest BCUT2D eigenvalue weighted by atomic mass is 79.9. The van der Waals surface area contributed by atoms with Crippen LogP contribution in [0.15, 0.2) is 18.2 Å². The predicted octanol–water partition coefficient (Wildman–Crippen LogP) is 4.07. The van der Waals surface area contributed by atoms with Crippen LogP contribution in [0.5, 0.6) is 0 Å². The van der Waals surface area contributed by atoms with Gasteiger partial charge in [0.15, 0.2) is 0 Å². The summed E-state index contributed by atoms with van der Waals surface area (Å²) < 4.78 is 26.8. The molecule has 1 aliphatic carbocycles. The number of alkyl halides is 1. The van der Waals surface area contributed by atoms with Crippen LogP contribution in [0.4, 0.5) is 8.78 Å². The first kappa shape index (κ1) is 11.1. The zero-order chi connectivity index (χ0) is 11.1. The zero-order valence-electron chi connectivity index (χ0n) is 8.56. The first-order valence-corrected chi connectivity index (χ1v) is 6.04. The van der Waals surface area contributed by atoms with Crippen molar-refractivity contribution in [2.24, 2.45) is 5.41 Å². The average molecular weight is 275 g/mol. The lowest BCUT2D eigenvalue weighted by Gasteiger charge is -2.18. The Kier molecular flexibility index (Phi) is 2.84. The maximum absolute atomic E-state index is 13.4. The van der Waals surface area contributed by atoms with E-state index >= 15 is 0 Å². The van der Waals surface area contributed by atoms with Gasteiger partial charge in [0.1, 0.15) is 11.6 Å². The van der Waals surface area contributed by atoms with Crippen molar-refractivity contribution in [3.8, 4) is 0 Å². The largest absolute Gasteiger partial charge is 0.207 e. The minimum Gasteiger partial charge on any atom is -0.207 e. The minimum absolute atomic E-state index is 0.0725. The Morgan fingerprint density at radius 3 is 2.27 bits per heavy atom. The molecule has 1 aromatic carbocycles. The van der Waals surface area contributed by atoms with Crippen molar-refractivity contribution in [3.63, 3.8) is 0 Å². The number of benzene rings is 1. The quantitative estimate of drug-likeness (QED) is 0.729. The highest BCUT2D eigenvalue weighted by Crippen LogP contribution is 2.54. The van der Waals surface area contributed by atoms with Crippen molar-refractivity contribution in [1.82, 2.24) is 0 Å². The van der Waals surface area contributed by atoms with Crippen LogP contribution in [0.25, 0.3) is 0 Å². The van der Waals surface area contributed by atoms with Crippen molar-refractivity contribution in [2.75, 3.05) is 0 Å². The molecule has 0 N–H and O–H groups in total. The molecule has 0 radical (unpaired) electrons. The van der Waals surface area contributed by atoms with Crippen LogP contribution in [0.2, 0.25) is 0 Å². The molecule has 0 aliphatic heterocycles. The molecule has 0 heterocycles. The van der Waals surface area contributed by atoms with Gasteiger partial charge in [-0.25, -0.2) is 8.78 Å². The number of rotatable bonds is 3. The van der Waals surface area contributed by atoms with E-state index in [1.165, 1.54) is 18.2 Å². The standard InChI is InChI=1S/C12H13BrF2/c1-8(13)12(5-6-12)7-9-10(14)3-2-4-11(9)15/h2-4,8H,5-7H2,1H3. The van der Waals surface area contributed by atoms with Gasteiger partial charge in [0.05, 0.1) is 0 Å². The fourth-order valence-electron chi connectivity index (χ4n) is 1.93. The number of halogens is 3. The first-order chi connectivity index (χ1) is 7.05. The van der Waals surface area contributed by atoms with Gasteiger partial charge in [0.25, 0.3) is 0 Å². The van der Waals surface area contributed by atoms with Gasteiger partial charge in [-0.1, -0.05) is 28.9 Å². The van der Waals surface area contributed by atoms with Crippen LogP contribution < -0.4 is 0 Å². The molecule has 0 bridgehead atoms. The van der Waals surface area contributed by atoms with Gasteiger partial charge < -0.3 is 0 Å². The third-order valence-electron chi connectivity index (χ3n) is 3.33. The van der Waals surface area contributed by atoms with Gasteiger partial charge in [-0.3, -0.25) is 0 Å². The van der Waals surface area contributed by atoms with Crippen molar-refractivity contribution in [1.29, 1.82) is 0 Å². The molecule has 1 unspecified atom stereocenters. The monoisotopic (exact) mass is 274 g/mol. The molecule has 1 fully saturated rings. The Hall–Kier alpha value is -0.440. The molecular weight excluding hydrogens is 262 g/mol. The van der Waals surface area contributed by atoms with Crippen LogP contribution in [-0.4, -0.2) is 4.83 Å². The summed E-state index contributed by atoms with van der Waals surface area (Å²) in [5, 5.41) is 0. The fourth-order valence-corrected chi connectivity index (χ4v) is 2.55. The molecular formula is C12H13BrF2. The Morgan fingerprint density at radius 1 is 1.33 bits per heavy atom. The second-order valence-corrected chi connectivity index (χ2v) is 5.73. The van der Waals surface area contributed by atoms with E-state index in [0.717, 1.165) is 12.8 Å².